The first-order valence-corrected chi connectivity index (χ1v) is 14.8. The highest BCUT2D eigenvalue weighted by Gasteiger charge is 2.19. The number of rotatable bonds is 11. The van der Waals surface area contributed by atoms with Gasteiger partial charge in [0.2, 0.25) is 0 Å². The molecule has 12 heteroatoms. The lowest BCUT2D eigenvalue weighted by atomic mass is 10.1. The normalized spacial score (nSPS) is 11.2. The smallest absolute Gasteiger partial charge is 0.271 e. The summed E-state index contributed by atoms with van der Waals surface area (Å²) < 4.78 is 46.4. The number of benzene rings is 4. The van der Waals surface area contributed by atoms with E-state index in [0.29, 0.717) is 28.5 Å². The largest absolute Gasteiger partial charge is 0.495 e. The van der Waals surface area contributed by atoms with Gasteiger partial charge in [-0.25, -0.2) is 18.5 Å². The van der Waals surface area contributed by atoms with Crippen molar-refractivity contribution in [3.05, 3.63) is 114 Å². The standard InChI is InChI=1S/C32H29N5O6S/c1-41-28-15-8-7-14-27(28)36-44(39,40)26-13-9-10-23(18-26)32(38)34-33-20-24-21-37(25-11-5-4-6-12-25)35-31(24)22-16-17-29(42-2)30(19-22)43-3/h4-21,36H,1-3H3,(H,34,38). The second-order valence-electron chi connectivity index (χ2n) is 9.32. The first-order chi connectivity index (χ1) is 21.3. The fourth-order valence-electron chi connectivity index (χ4n) is 4.36. The van der Waals surface area contributed by atoms with Crippen molar-refractivity contribution in [3.8, 4) is 34.2 Å². The third kappa shape index (κ3) is 6.55. The van der Waals surface area contributed by atoms with E-state index in [1.807, 2.05) is 36.4 Å². The Labute approximate surface area is 254 Å². The lowest BCUT2D eigenvalue weighted by Crippen LogP contribution is -2.19. The van der Waals surface area contributed by atoms with Gasteiger partial charge in [0.1, 0.15) is 11.4 Å². The number of para-hydroxylation sites is 3. The summed E-state index contributed by atoms with van der Waals surface area (Å²) in [5.41, 5.74) is 5.62. The molecule has 44 heavy (non-hydrogen) atoms. The molecular formula is C32H29N5O6S. The molecule has 11 nitrogen and oxygen atoms in total. The van der Waals surface area contributed by atoms with Gasteiger partial charge in [-0.15, -0.1) is 0 Å². The predicted molar refractivity (Wildman–Crippen MR) is 167 cm³/mol. The van der Waals surface area contributed by atoms with Gasteiger partial charge in [-0.05, 0) is 60.7 Å². The second kappa shape index (κ2) is 13.1. The average Bonchev–Trinajstić information content (AvgIpc) is 3.49. The number of carbonyl (C=O) groups is 1. The Kier molecular flexibility index (Phi) is 8.91. The summed E-state index contributed by atoms with van der Waals surface area (Å²) in [7, 11) is 0.544. The maximum Gasteiger partial charge on any atom is 0.271 e. The number of hydrogen-bond donors (Lipinski definition) is 2. The van der Waals surface area contributed by atoms with Gasteiger partial charge in [-0.1, -0.05) is 36.4 Å². The summed E-state index contributed by atoms with van der Waals surface area (Å²) >= 11 is 0. The maximum atomic E-state index is 13.1. The van der Waals surface area contributed by atoms with Gasteiger partial charge >= 0.3 is 0 Å². The molecule has 0 bridgehead atoms. The van der Waals surface area contributed by atoms with E-state index < -0.39 is 15.9 Å². The summed E-state index contributed by atoms with van der Waals surface area (Å²) in [5, 5.41) is 8.91. The molecule has 0 unspecified atom stereocenters. The van der Waals surface area contributed by atoms with Crippen molar-refractivity contribution in [2.75, 3.05) is 26.1 Å². The van der Waals surface area contributed by atoms with Gasteiger partial charge in [-0.2, -0.15) is 10.2 Å². The summed E-state index contributed by atoms with van der Waals surface area (Å²) in [5.74, 6) is 0.870. The second-order valence-corrected chi connectivity index (χ2v) is 11.0. The molecule has 0 atom stereocenters. The Bertz CT molecular complexity index is 1920. The van der Waals surface area contributed by atoms with Crippen LogP contribution in [-0.2, 0) is 10.0 Å². The molecule has 0 radical (unpaired) electrons. The number of sulfonamides is 1. The van der Waals surface area contributed by atoms with Crippen molar-refractivity contribution in [2.24, 2.45) is 5.10 Å². The minimum absolute atomic E-state index is 0.0973. The molecule has 2 N–H and O–H groups in total. The summed E-state index contributed by atoms with van der Waals surface area (Å²) in [6.45, 7) is 0. The number of aromatic nitrogens is 2. The molecule has 0 saturated heterocycles. The molecule has 5 rings (SSSR count). The van der Waals surface area contributed by atoms with Crippen molar-refractivity contribution < 1.29 is 27.4 Å². The van der Waals surface area contributed by atoms with Crippen molar-refractivity contribution in [1.82, 2.24) is 15.2 Å². The number of carbonyl (C=O) groups excluding carboxylic acids is 1. The van der Waals surface area contributed by atoms with Gasteiger partial charge in [0.15, 0.2) is 11.5 Å². The molecule has 4 aromatic carbocycles. The molecule has 0 aliphatic rings. The zero-order valence-corrected chi connectivity index (χ0v) is 24.9. The highest BCUT2D eigenvalue weighted by atomic mass is 32.2. The van der Waals surface area contributed by atoms with Crippen molar-refractivity contribution in [2.45, 2.75) is 4.90 Å². The number of nitrogens with one attached hydrogen (secondary N) is 2. The van der Waals surface area contributed by atoms with E-state index in [2.05, 4.69) is 15.2 Å². The Hall–Kier alpha value is -5.62. The molecule has 1 heterocycles. The molecular weight excluding hydrogens is 582 g/mol. The summed E-state index contributed by atoms with van der Waals surface area (Å²) in [6.07, 6.45) is 3.26. The molecule has 0 fully saturated rings. The minimum atomic E-state index is -4.01. The summed E-state index contributed by atoms with van der Waals surface area (Å²) in [6, 6.07) is 27.2. The summed E-state index contributed by atoms with van der Waals surface area (Å²) in [4.78, 5) is 12.9. The van der Waals surface area contributed by atoms with Crippen LogP contribution in [-0.4, -0.2) is 51.6 Å². The quantitative estimate of drug-likeness (QED) is 0.156. The first kappa shape index (κ1) is 29.9. The topological polar surface area (TPSA) is 133 Å². The predicted octanol–water partition coefficient (Wildman–Crippen LogP) is 5.13. The zero-order chi connectivity index (χ0) is 31.1. The van der Waals surface area contributed by atoms with Crippen LogP contribution in [0.1, 0.15) is 15.9 Å². The average molecular weight is 612 g/mol. The van der Waals surface area contributed by atoms with E-state index in [9.17, 15) is 13.2 Å². The Balaban J connectivity index is 1.39. The lowest BCUT2D eigenvalue weighted by Gasteiger charge is -2.12. The zero-order valence-electron chi connectivity index (χ0n) is 24.1. The number of amides is 1. The number of anilines is 1. The molecule has 224 valence electrons. The van der Waals surface area contributed by atoms with Crippen LogP contribution in [0.4, 0.5) is 5.69 Å². The molecule has 0 saturated carbocycles. The van der Waals surface area contributed by atoms with E-state index in [1.165, 1.54) is 37.6 Å². The number of hydrazone groups is 1. The van der Waals surface area contributed by atoms with Gasteiger partial charge in [0, 0.05) is 22.9 Å². The van der Waals surface area contributed by atoms with Crippen molar-refractivity contribution in [1.29, 1.82) is 0 Å². The Morgan fingerprint density at radius 1 is 0.818 bits per heavy atom. The van der Waals surface area contributed by atoms with Gasteiger partial charge in [0.25, 0.3) is 15.9 Å². The van der Waals surface area contributed by atoms with Gasteiger partial charge in [-0.3, -0.25) is 9.52 Å². The van der Waals surface area contributed by atoms with Crippen LogP contribution in [0.15, 0.2) is 113 Å². The van der Waals surface area contributed by atoms with E-state index >= 15 is 0 Å². The molecule has 0 aliphatic carbocycles. The highest BCUT2D eigenvalue weighted by molar-refractivity contribution is 7.92. The molecule has 1 aromatic heterocycles. The van der Waals surface area contributed by atoms with Crippen LogP contribution in [0.2, 0.25) is 0 Å². The lowest BCUT2D eigenvalue weighted by molar-refractivity contribution is 0.0955. The fourth-order valence-corrected chi connectivity index (χ4v) is 5.48. The molecule has 0 aliphatic heterocycles. The number of methoxy groups -OCH3 is 3. The van der Waals surface area contributed by atoms with Crippen molar-refractivity contribution in [3.63, 3.8) is 0 Å². The van der Waals surface area contributed by atoms with Crippen LogP contribution < -0.4 is 24.4 Å². The van der Waals surface area contributed by atoms with Crippen molar-refractivity contribution >= 4 is 27.8 Å². The number of nitrogens with zero attached hydrogens (tertiary/aromatic N) is 3. The monoisotopic (exact) mass is 611 g/mol. The Morgan fingerprint density at radius 3 is 2.30 bits per heavy atom. The van der Waals surface area contributed by atoms with E-state index in [1.54, 1.807) is 61.5 Å². The van der Waals surface area contributed by atoms with E-state index in [4.69, 9.17) is 19.3 Å². The van der Waals surface area contributed by atoms with Crippen LogP contribution >= 0.6 is 0 Å². The molecule has 1 amide bonds. The maximum absolute atomic E-state index is 13.1. The van der Waals surface area contributed by atoms with Gasteiger partial charge < -0.3 is 14.2 Å². The fraction of sp³-hybridized carbons (Fsp3) is 0.0938. The SMILES string of the molecule is COc1ccccc1NS(=O)(=O)c1cccc(C(=O)NN=Cc2cn(-c3ccccc3)nc2-c2ccc(OC)c(OC)c2)c1. The van der Waals surface area contributed by atoms with Crippen LogP contribution in [0.25, 0.3) is 16.9 Å². The van der Waals surface area contributed by atoms with Crippen LogP contribution in [0, 0.1) is 0 Å². The minimum Gasteiger partial charge on any atom is -0.495 e. The van der Waals surface area contributed by atoms with E-state index in [-0.39, 0.29) is 16.1 Å². The number of hydrogen-bond acceptors (Lipinski definition) is 8. The highest BCUT2D eigenvalue weighted by Crippen LogP contribution is 2.33. The molecule has 0 spiro atoms. The van der Waals surface area contributed by atoms with Crippen LogP contribution in [0.5, 0.6) is 17.2 Å². The van der Waals surface area contributed by atoms with E-state index in [0.717, 1.165) is 11.3 Å². The third-order valence-corrected chi connectivity index (χ3v) is 7.91. The number of ether oxygens (including phenoxy) is 3. The Morgan fingerprint density at radius 2 is 1.55 bits per heavy atom. The molecule has 5 aromatic rings. The van der Waals surface area contributed by atoms with Crippen LogP contribution in [0.3, 0.4) is 0 Å². The third-order valence-electron chi connectivity index (χ3n) is 6.55. The van der Waals surface area contributed by atoms with Gasteiger partial charge in [0.05, 0.1) is 43.8 Å². The first-order valence-electron chi connectivity index (χ1n) is 13.3.